The SMILES string of the molecule is O=C(O)c1ccc(Cl)nc1NCC1CCSC1. The minimum absolute atomic E-state index is 0.167. The molecule has 2 heterocycles. The fourth-order valence-electron chi connectivity index (χ4n) is 1.73. The Hall–Kier alpha value is -0.940. The van der Waals surface area contributed by atoms with Gasteiger partial charge in [0.25, 0.3) is 0 Å². The average molecular weight is 273 g/mol. The molecule has 17 heavy (non-hydrogen) atoms. The van der Waals surface area contributed by atoms with E-state index in [1.165, 1.54) is 24.3 Å². The van der Waals surface area contributed by atoms with Gasteiger partial charge in [0.05, 0.1) is 0 Å². The van der Waals surface area contributed by atoms with Crippen LogP contribution in [-0.2, 0) is 0 Å². The van der Waals surface area contributed by atoms with Gasteiger partial charge in [-0.3, -0.25) is 0 Å². The lowest BCUT2D eigenvalue weighted by Gasteiger charge is -2.12. The Kier molecular flexibility index (Phi) is 4.12. The van der Waals surface area contributed by atoms with Crippen LogP contribution < -0.4 is 5.32 Å². The van der Waals surface area contributed by atoms with Gasteiger partial charge in [0.1, 0.15) is 16.5 Å². The number of pyridine rings is 1. The summed E-state index contributed by atoms with van der Waals surface area (Å²) in [4.78, 5) is 15.0. The number of hydrogen-bond acceptors (Lipinski definition) is 4. The molecule has 92 valence electrons. The maximum Gasteiger partial charge on any atom is 0.339 e. The first-order chi connectivity index (χ1) is 8.16. The smallest absolute Gasteiger partial charge is 0.339 e. The topological polar surface area (TPSA) is 62.2 Å². The van der Waals surface area contributed by atoms with Gasteiger partial charge in [-0.1, -0.05) is 11.6 Å². The van der Waals surface area contributed by atoms with Crippen molar-refractivity contribution in [2.45, 2.75) is 6.42 Å². The first-order valence-corrected chi connectivity index (χ1v) is 6.91. The zero-order valence-electron chi connectivity index (χ0n) is 9.15. The Balaban J connectivity index is 2.07. The van der Waals surface area contributed by atoms with Gasteiger partial charge >= 0.3 is 5.97 Å². The number of aromatic carboxylic acids is 1. The minimum Gasteiger partial charge on any atom is -0.478 e. The molecule has 0 bridgehead atoms. The van der Waals surface area contributed by atoms with E-state index >= 15 is 0 Å². The van der Waals surface area contributed by atoms with Crippen molar-refractivity contribution in [3.05, 3.63) is 22.8 Å². The molecular weight excluding hydrogens is 260 g/mol. The fraction of sp³-hybridized carbons (Fsp3) is 0.455. The van der Waals surface area contributed by atoms with Crippen molar-refractivity contribution in [2.24, 2.45) is 5.92 Å². The molecule has 6 heteroatoms. The molecule has 4 nitrogen and oxygen atoms in total. The number of nitrogens with zero attached hydrogens (tertiary/aromatic N) is 1. The molecule has 0 amide bonds. The van der Waals surface area contributed by atoms with Crippen molar-refractivity contribution in [3.8, 4) is 0 Å². The molecule has 1 aromatic heterocycles. The molecule has 1 unspecified atom stereocenters. The fourth-order valence-corrected chi connectivity index (χ4v) is 3.16. The molecule has 1 aromatic rings. The van der Waals surface area contributed by atoms with Crippen LogP contribution >= 0.6 is 23.4 Å². The number of halogens is 1. The standard InChI is InChI=1S/C11H13ClN2O2S/c12-9-2-1-8(11(15)16)10(14-9)13-5-7-3-4-17-6-7/h1-2,7H,3-6H2,(H,13,14)(H,15,16). The second kappa shape index (κ2) is 5.60. The van der Waals surface area contributed by atoms with E-state index in [4.69, 9.17) is 16.7 Å². The van der Waals surface area contributed by atoms with Gasteiger partial charge in [-0.2, -0.15) is 11.8 Å². The Bertz CT molecular complexity index is 422. The highest BCUT2D eigenvalue weighted by Gasteiger charge is 2.17. The number of rotatable bonds is 4. The zero-order chi connectivity index (χ0) is 12.3. The van der Waals surface area contributed by atoms with Crippen LogP contribution in [0.3, 0.4) is 0 Å². The summed E-state index contributed by atoms with van der Waals surface area (Å²) in [5.41, 5.74) is 0.167. The molecule has 0 aliphatic carbocycles. The third-order valence-electron chi connectivity index (χ3n) is 2.67. The third kappa shape index (κ3) is 3.26. The van der Waals surface area contributed by atoms with Crippen molar-refractivity contribution in [1.82, 2.24) is 4.98 Å². The first kappa shape index (κ1) is 12.5. The van der Waals surface area contributed by atoms with E-state index in [9.17, 15) is 4.79 Å². The van der Waals surface area contributed by atoms with Crippen LogP contribution in [0.2, 0.25) is 5.15 Å². The molecule has 0 saturated carbocycles. The maximum atomic E-state index is 11.0. The summed E-state index contributed by atoms with van der Waals surface area (Å²) in [7, 11) is 0. The lowest BCUT2D eigenvalue weighted by atomic mass is 10.1. The van der Waals surface area contributed by atoms with Gasteiger partial charge in [0.15, 0.2) is 0 Å². The second-order valence-corrected chi connectivity index (χ2v) is 5.48. The van der Waals surface area contributed by atoms with Gasteiger partial charge in [0.2, 0.25) is 0 Å². The Morgan fingerprint density at radius 1 is 1.65 bits per heavy atom. The van der Waals surface area contributed by atoms with Crippen LogP contribution in [0.15, 0.2) is 12.1 Å². The molecule has 1 aliphatic heterocycles. The van der Waals surface area contributed by atoms with Crippen molar-refractivity contribution < 1.29 is 9.90 Å². The molecular formula is C11H13ClN2O2S. The number of thioether (sulfide) groups is 1. The van der Waals surface area contributed by atoms with Crippen LogP contribution in [0, 0.1) is 5.92 Å². The van der Waals surface area contributed by atoms with E-state index < -0.39 is 5.97 Å². The molecule has 0 radical (unpaired) electrons. The number of carboxylic acids is 1. The number of nitrogens with one attached hydrogen (secondary N) is 1. The van der Waals surface area contributed by atoms with E-state index in [1.807, 2.05) is 11.8 Å². The molecule has 2 N–H and O–H groups in total. The molecule has 1 saturated heterocycles. The largest absolute Gasteiger partial charge is 0.478 e. The predicted octanol–water partition coefficient (Wildman–Crippen LogP) is 2.60. The lowest BCUT2D eigenvalue weighted by molar-refractivity contribution is 0.0697. The normalized spacial score (nSPS) is 19.2. The van der Waals surface area contributed by atoms with E-state index in [-0.39, 0.29) is 5.56 Å². The zero-order valence-corrected chi connectivity index (χ0v) is 10.7. The van der Waals surface area contributed by atoms with Crippen LogP contribution in [-0.4, -0.2) is 34.1 Å². The monoisotopic (exact) mass is 272 g/mol. The van der Waals surface area contributed by atoms with E-state index in [0.29, 0.717) is 16.9 Å². The van der Waals surface area contributed by atoms with Gasteiger partial charge in [-0.25, -0.2) is 9.78 Å². The summed E-state index contributed by atoms with van der Waals surface area (Å²) in [6, 6.07) is 2.96. The van der Waals surface area contributed by atoms with E-state index in [1.54, 1.807) is 0 Å². The third-order valence-corrected chi connectivity index (χ3v) is 4.12. The lowest BCUT2D eigenvalue weighted by Crippen LogP contribution is -2.16. The molecule has 0 aromatic carbocycles. The molecule has 0 spiro atoms. The van der Waals surface area contributed by atoms with Crippen molar-refractivity contribution >= 4 is 35.1 Å². The van der Waals surface area contributed by atoms with Crippen molar-refractivity contribution in [3.63, 3.8) is 0 Å². The molecule has 1 fully saturated rings. The minimum atomic E-state index is -0.988. The summed E-state index contributed by atoms with van der Waals surface area (Å²) < 4.78 is 0. The Morgan fingerprint density at radius 3 is 3.12 bits per heavy atom. The average Bonchev–Trinajstić information content (AvgIpc) is 2.78. The quantitative estimate of drug-likeness (QED) is 0.825. The van der Waals surface area contributed by atoms with Gasteiger partial charge in [-0.05, 0) is 36.0 Å². The van der Waals surface area contributed by atoms with Crippen LogP contribution in [0.4, 0.5) is 5.82 Å². The van der Waals surface area contributed by atoms with Crippen molar-refractivity contribution in [1.29, 1.82) is 0 Å². The summed E-state index contributed by atoms with van der Waals surface area (Å²) in [5, 5.41) is 12.4. The van der Waals surface area contributed by atoms with Crippen LogP contribution in [0.5, 0.6) is 0 Å². The number of aromatic nitrogens is 1. The summed E-state index contributed by atoms with van der Waals surface area (Å²) in [6.45, 7) is 0.751. The van der Waals surface area contributed by atoms with Crippen LogP contribution in [0.1, 0.15) is 16.8 Å². The summed E-state index contributed by atoms with van der Waals surface area (Å²) >= 11 is 7.70. The summed E-state index contributed by atoms with van der Waals surface area (Å²) in [6.07, 6.45) is 1.17. The van der Waals surface area contributed by atoms with Gasteiger partial charge in [-0.15, -0.1) is 0 Å². The van der Waals surface area contributed by atoms with Gasteiger partial charge < -0.3 is 10.4 Å². The van der Waals surface area contributed by atoms with E-state index in [0.717, 1.165) is 12.3 Å². The molecule has 2 rings (SSSR count). The highest BCUT2D eigenvalue weighted by molar-refractivity contribution is 7.99. The van der Waals surface area contributed by atoms with Crippen molar-refractivity contribution in [2.75, 3.05) is 23.4 Å². The predicted molar refractivity (Wildman–Crippen MR) is 70.1 cm³/mol. The highest BCUT2D eigenvalue weighted by Crippen LogP contribution is 2.24. The second-order valence-electron chi connectivity index (χ2n) is 3.95. The molecule has 1 atom stereocenters. The number of anilines is 1. The summed E-state index contributed by atoms with van der Waals surface area (Å²) in [5.74, 6) is 2.26. The maximum absolute atomic E-state index is 11.0. The van der Waals surface area contributed by atoms with E-state index in [2.05, 4.69) is 10.3 Å². The molecule has 1 aliphatic rings. The number of carbonyl (C=O) groups is 1. The number of hydrogen-bond donors (Lipinski definition) is 2. The highest BCUT2D eigenvalue weighted by atomic mass is 35.5. The first-order valence-electron chi connectivity index (χ1n) is 5.38. The van der Waals surface area contributed by atoms with Gasteiger partial charge in [0, 0.05) is 6.54 Å². The Labute approximate surface area is 109 Å². The Morgan fingerprint density at radius 2 is 2.47 bits per heavy atom. The van der Waals surface area contributed by atoms with Crippen LogP contribution in [0.25, 0.3) is 0 Å². The number of carboxylic acid groups (broad SMARTS) is 1.